The molecule has 0 spiro atoms. The molecule has 4 nitrogen and oxygen atoms in total. The molecule has 0 bridgehead atoms. The molecule has 1 fully saturated rings. The monoisotopic (exact) mass is 297 g/mol. The third-order valence-corrected chi connectivity index (χ3v) is 5.60. The van der Waals surface area contributed by atoms with E-state index < -0.39 is 21.7 Å². The fourth-order valence-corrected chi connectivity index (χ4v) is 3.94. The number of nitrogens with one attached hydrogen (secondary N) is 1. The predicted molar refractivity (Wildman–Crippen MR) is 78.8 cm³/mol. The Kier molecular flexibility index (Phi) is 4.23. The first-order valence-electron chi connectivity index (χ1n) is 7.08. The first-order valence-corrected chi connectivity index (χ1v) is 8.56. The quantitative estimate of drug-likeness (QED) is 0.848. The molecule has 0 aromatic heterocycles. The normalized spacial score (nSPS) is 18.0. The van der Waals surface area contributed by atoms with Gasteiger partial charge in [0.25, 0.3) is 0 Å². The number of hydrogen-bond donors (Lipinski definition) is 2. The fourth-order valence-electron chi connectivity index (χ4n) is 2.42. The molecule has 1 aromatic carbocycles. The van der Waals surface area contributed by atoms with Crippen molar-refractivity contribution in [3.05, 3.63) is 29.8 Å². The van der Waals surface area contributed by atoms with Crippen LogP contribution in [0.4, 0.5) is 0 Å². The average Bonchev–Trinajstić information content (AvgIpc) is 3.21. The standard InChI is InChI=1S/C15H23NO3S/c1-4-14(17)11-6-5-7-13(10-11)20(18,19)16-15(2,3)12-8-9-12/h5-7,10,12,14,16-17H,4,8-9H2,1-3H3. The lowest BCUT2D eigenvalue weighted by Crippen LogP contribution is -2.45. The van der Waals surface area contributed by atoms with Gasteiger partial charge in [-0.3, -0.25) is 0 Å². The summed E-state index contributed by atoms with van der Waals surface area (Å²) in [5, 5.41) is 9.84. The van der Waals surface area contributed by atoms with Crippen LogP contribution in [0.5, 0.6) is 0 Å². The van der Waals surface area contributed by atoms with E-state index in [1.807, 2.05) is 20.8 Å². The smallest absolute Gasteiger partial charge is 0.241 e. The van der Waals surface area contributed by atoms with E-state index in [4.69, 9.17) is 0 Å². The molecule has 0 heterocycles. The summed E-state index contributed by atoms with van der Waals surface area (Å²) in [5.41, 5.74) is 0.220. The molecule has 2 rings (SSSR count). The second-order valence-electron chi connectivity index (χ2n) is 6.10. The van der Waals surface area contributed by atoms with Gasteiger partial charge >= 0.3 is 0 Å². The van der Waals surface area contributed by atoms with Crippen molar-refractivity contribution < 1.29 is 13.5 Å². The third-order valence-electron chi connectivity index (χ3n) is 3.94. The molecule has 0 radical (unpaired) electrons. The predicted octanol–water partition coefficient (Wildman–Crippen LogP) is 2.60. The second-order valence-corrected chi connectivity index (χ2v) is 7.78. The summed E-state index contributed by atoms with van der Waals surface area (Å²) in [6, 6.07) is 6.54. The summed E-state index contributed by atoms with van der Waals surface area (Å²) < 4.78 is 27.7. The number of aliphatic hydroxyl groups excluding tert-OH is 1. The van der Waals surface area contributed by atoms with Crippen LogP contribution in [0.15, 0.2) is 29.2 Å². The summed E-state index contributed by atoms with van der Waals surface area (Å²) in [5.74, 6) is 0.418. The highest BCUT2D eigenvalue weighted by Crippen LogP contribution is 2.40. The van der Waals surface area contributed by atoms with Crippen LogP contribution in [-0.2, 0) is 10.0 Å². The maximum atomic E-state index is 12.5. The minimum atomic E-state index is -3.55. The molecule has 1 aliphatic carbocycles. The van der Waals surface area contributed by atoms with E-state index >= 15 is 0 Å². The Labute approximate surface area is 121 Å². The van der Waals surface area contributed by atoms with E-state index in [1.165, 1.54) is 0 Å². The lowest BCUT2D eigenvalue weighted by molar-refractivity contribution is 0.173. The second kappa shape index (κ2) is 5.47. The number of aliphatic hydroxyl groups is 1. The van der Waals surface area contributed by atoms with E-state index in [9.17, 15) is 13.5 Å². The van der Waals surface area contributed by atoms with Gasteiger partial charge in [-0.1, -0.05) is 19.1 Å². The molecular weight excluding hydrogens is 274 g/mol. The minimum Gasteiger partial charge on any atom is -0.388 e. The van der Waals surface area contributed by atoms with E-state index in [0.29, 0.717) is 17.9 Å². The van der Waals surface area contributed by atoms with Gasteiger partial charge in [0, 0.05) is 5.54 Å². The van der Waals surface area contributed by atoms with Gasteiger partial charge in [-0.05, 0) is 56.7 Å². The van der Waals surface area contributed by atoms with Gasteiger partial charge in [0.1, 0.15) is 0 Å². The molecule has 0 amide bonds. The Bertz CT molecular complexity index is 577. The molecule has 1 atom stereocenters. The van der Waals surface area contributed by atoms with Crippen LogP contribution in [0.25, 0.3) is 0 Å². The van der Waals surface area contributed by atoms with E-state index in [2.05, 4.69) is 4.72 Å². The summed E-state index contributed by atoms with van der Waals surface area (Å²) in [6.45, 7) is 5.71. The topological polar surface area (TPSA) is 66.4 Å². The zero-order chi connectivity index (χ0) is 15.0. The van der Waals surface area contributed by atoms with Crippen LogP contribution in [0.2, 0.25) is 0 Å². The van der Waals surface area contributed by atoms with Gasteiger partial charge < -0.3 is 5.11 Å². The zero-order valence-electron chi connectivity index (χ0n) is 12.3. The zero-order valence-corrected chi connectivity index (χ0v) is 13.1. The summed E-state index contributed by atoms with van der Waals surface area (Å²) >= 11 is 0. The summed E-state index contributed by atoms with van der Waals surface area (Å²) in [4.78, 5) is 0.219. The van der Waals surface area contributed by atoms with Crippen LogP contribution in [-0.4, -0.2) is 19.1 Å². The van der Waals surface area contributed by atoms with Crippen molar-refractivity contribution in [1.29, 1.82) is 0 Å². The first-order chi connectivity index (χ1) is 9.26. The molecule has 1 aromatic rings. The van der Waals surface area contributed by atoms with Gasteiger partial charge in [0.15, 0.2) is 0 Å². The van der Waals surface area contributed by atoms with Gasteiger partial charge in [-0.2, -0.15) is 0 Å². The van der Waals surface area contributed by atoms with Crippen LogP contribution in [0.3, 0.4) is 0 Å². The molecule has 1 aliphatic rings. The van der Waals surface area contributed by atoms with Crippen LogP contribution < -0.4 is 4.72 Å². The molecule has 5 heteroatoms. The van der Waals surface area contributed by atoms with Gasteiger partial charge in [0.2, 0.25) is 10.0 Å². The fraction of sp³-hybridized carbons (Fsp3) is 0.600. The van der Waals surface area contributed by atoms with Crippen molar-refractivity contribution >= 4 is 10.0 Å². The van der Waals surface area contributed by atoms with Crippen LogP contribution in [0, 0.1) is 5.92 Å². The van der Waals surface area contributed by atoms with Crippen molar-refractivity contribution in [2.45, 2.75) is 56.6 Å². The summed E-state index contributed by atoms with van der Waals surface area (Å²) in [7, 11) is -3.55. The van der Waals surface area contributed by atoms with Gasteiger partial charge in [-0.15, -0.1) is 0 Å². The number of hydrogen-bond acceptors (Lipinski definition) is 3. The van der Waals surface area contributed by atoms with Crippen molar-refractivity contribution in [3.63, 3.8) is 0 Å². The lowest BCUT2D eigenvalue weighted by atomic mass is 10.0. The van der Waals surface area contributed by atoms with Crippen molar-refractivity contribution in [2.75, 3.05) is 0 Å². The Morgan fingerprint density at radius 1 is 1.40 bits per heavy atom. The molecule has 1 saturated carbocycles. The van der Waals surface area contributed by atoms with E-state index in [-0.39, 0.29) is 4.90 Å². The Morgan fingerprint density at radius 2 is 2.05 bits per heavy atom. The number of sulfonamides is 1. The maximum absolute atomic E-state index is 12.5. The SMILES string of the molecule is CCC(O)c1cccc(S(=O)(=O)NC(C)(C)C2CC2)c1. The molecule has 1 unspecified atom stereocenters. The van der Waals surface area contributed by atoms with Crippen LogP contribution >= 0.6 is 0 Å². The Balaban J connectivity index is 2.25. The minimum absolute atomic E-state index is 0.219. The molecule has 0 aliphatic heterocycles. The molecular formula is C15H23NO3S. The average molecular weight is 297 g/mol. The number of benzene rings is 1. The number of rotatable bonds is 6. The Morgan fingerprint density at radius 3 is 2.60 bits per heavy atom. The van der Waals surface area contributed by atoms with E-state index in [1.54, 1.807) is 24.3 Å². The molecule has 112 valence electrons. The van der Waals surface area contributed by atoms with Gasteiger partial charge in [0.05, 0.1) is 11.0 Å². The van der Waals surface area contributed by atoms with E-state index in [0.717, 1.165) is 12.8 Å². The Hall–Kier alpha value is -0.910. The molecule has 0 saturated heterocycles. The van der Waals surface area contributed by atoms with Crippen molar-refractivity contribution in [2.24, 2.45) is 5.92 Å². The van der Waals surface area contributed by atoms with Crippen LogP contribution in [0.1, 0.15) is 51.7 Å². The van der Waals surface area contributed by atoms with Gasteiger partial charge in [-0.25, -0.2) is 13.1 Å². The van der Waals surface area contributed by atoms with Crippen molar-refractivity contribution in [1.82, 2.24) is 4.72 Å². The van der Waals surface area contributed by atoms with Crippen molar-refractivity contribution in [3.8, 4) is 0 Å². The highest BCUT2D eigenvalue weighted by Gasteiger charge is 2.40. The molecule has 20 heavy (non-hydrogen) atoms. The highest BCUT2D eigenvalue weighted by atomic mass is 32.2. The summed E-state index contributed by atoms with van der Waals surface area (Å²) in [6.07, 6.45) is 2.08. The maximum Gasteiger partial charge on any atom is 0.241 e. The largest absolute Gasteiger partial charge is 0.388 e. The third kappa shape index (κ3) is 3.40. The first kappa shape index (κ1) is 15.5. The lowest BCUT2D eigenvalue weighted by Gasteiger charge is -2.26. The molecule has 2 N–H and O–H groups in total. The highest BCUT2D eigenvalue weighted by molar-refractivity contribution is 7.89.